The number of likely N-dealkylation sites (N-methyl/N-ethyl adjacent to an activating group) is 1. The minimum Gasteiger partial charge on any atom is -0.611 e. The van der Waals surface area contributed by atoms with Gasteiger partial charge in [0.05, 0.1) is 13.2 Å². The van der Waals surface area contributed by atoms with Crippen LogP contribution in [0.25, 0.3) is 16.6 Å². The van der Waals surface area contributed by atoms with Gasteiger partial charge in [0.15, 0.2) is 4.90 Å². The largest absolute Gasteiger partial charge is 0.611 e. The van der Waals surface area contributed by atoms with Crippen molar-refractivity contribution in [1.82, 2.24) is 19.4 Å². The van der Waals surface area contributed by atoms with E-state index in [0.29, 0.717) is 30.5 Å². The maximum absolute atomic E-state index is 14.1. The van der Waals surface area contributed by atoms with Crippen LogP contribution in [-0.2, 0) is 22.5 Å². The third-order valence-corrected chi connectivity index (χ3v) is 9.97. The number of fused-ring (bicyclic) bond motifs is 1. The summed E-state index contributed by atoms with van der Waals surface area (Å²) in [6.45, 7) is 7.05. The van der Waals surface area contributed by atoms with Gasteiger partial charge in [-0.15, -0.1) is 0 Å². The number of piperazine rings is 1. The van der Waals surface area contributed by atoms with Gasteiger partial charge in [-0.2, -0.15) is 4.98 Å². The van der Waals surface area contributed by atoms with Crippen LogP contribution in [0.5, 0.6) is 0 Å². The highest BCUT2D eigenvalue weighted by atomic mass is 32.2. The molecule has 2 aliphatic rings. The van der Waals surface area contributed by atoms with E-state index in [9.17, 15) is 9.35 Å². The Kier molecular flexibility index (Phi) is 9.32. The summed E-state index contributed by atoms with van der Waals surface area (Å²) in [5, 5.41) is 4.16. The average Bonchev–Trinajstić information content (AvgIpc) is 3.47. The number of ether oxygens (including phenoxy) is 1. The summed E-state index contributed by atoms with van der Waals surface area (Å²) < 4.78 is 19.4. The molecule has 1 N–H and O–H groups in total. The molecule has 0 bridgehead atoms. The summed E-state index contributed by atoms with van der Waals surface area (Å²) in [7, 11) is 3.77. The number of allylic oxidation sites excluding steroid dienone is 2. The number of methoxy groups -OCH3 is 1. The van der Waals surface area contributed by atoms with Crippen molar-refractivity contribution in [2.24, 2.45) is 0 Å². The molecular weight excluding hydrogens is 572 g/mol. The molecular formula is C34H40N6O3S. The molecule has 0 amide bonds. The lowest BCUT2D eigenvalue weighted by Gasteiger charge is -2.34. The van der Waals surface area contributed by atoms with Crippen LogP contribution in [0.2, 0.25) is 0 Å². The van der Waals surface area contributed by atoms with E-state index in [4.69, 9.17) is 9.72 Å². The highest BCUT2D eigenvalue weighted by Crippen LogP contribution is 2.33. The fourth-order valence-corrected chi connectivity index (χ4v) is 6.99. The minimum absolute atomic E-state index is 0.0531. The molecule has 1 unspecified atom stereocenters. The van der Waals surface area contributed by atoms with Gasteiger partial charge in [0, 0.05) is 61.8 Å². The van der Waals surface area contributed by atoms with E-state index >= 15 is 0 Å². The SMILES string of the molecule is COCC[S+]([O-])c1ccc(Cn2c(=O)c(C3=C(C)CCC3)cc3cnc(Nc4ccc(N5CCN(C)CC5)cc4)nc32)cc1. The summed E-state index contributed by atoms with van der Waals surface area (Å²) >= 11 is -1.13. The molecule has 1 aliphatic heterocycles. The lowest BCUT2D eigenvalue weighted by Crippen LogP contribution is -2.44. The van der Waals surface area contributed by atoms with E-state index < -0.39 is 11.2 Å². The van der Waals surface area contributed by atoms with Gasteiger partial charge in [-0.3, -0.25) is 9.36 Å². The number of hydrogen-bond donors (Lipinski definition) is 1. The molecule has 1 saturated heterocycles. The van der Waals surface area contributed by atoms with E-state index in [-0.39, 0.29) is 5.56 Å². The summed E-state index contributed by atoms with van der Waals surface area (Å²) in [6, 6.07) is 17.9. The number of anilines is 3. The van der Waals surface area contributed by atoms with Crippen LogP contribution in [0, 0.1) is 0 Å². The van der Waals surface area contributed by atoms with Gasteiger partial charge in [-0.25, -0.2) is 4.98 Å². The monoisotopic (exact) mass is 612 g/mol. The van der Waals surface area contributed by atoms with Crippen LogP contribution < -0.4 is 15.8 Å². The van der Waals surface area contributed by atoms with E-state index in [1.54, 1.807) is 17.9 Å². The van der Waals surface area contributed by atoms with Crippen molar-refractivity contribution < 1.29 is 9.29 Å². The number of rotatable bonds is 10. The number of aromatic nitrogens is 3. The molecule has 2 aromatic heterocycles. The van der Waals surface area contributed by atoms with Crippen LogP contribution in [0.15, 0.2) is 76.1 Å². The van der Waals surface area contributed by atoms with Crippen LogP contribution >= 0.6 is 0 Å². The Hall–Kier alpha value is -3.70. The van der Waals surface area contributed by atoms with Crippen molar-refractivity contribution in [3.8, 4) is 0 Å². The number of hydrogen-bond acceptors (Lipinski definition) is 8. The fraction of sp³-hybridized carbons (Fsp3) is 0.382. The first kappa shape index (κ1) is 30.3. The smallest absolute Gasteiger partial charge is 0.260 e. The van der Waals surface area contributed by atoms with Crippen LogP contribution in [0.3, 0.4) is 0 Å². The zero-order valence-electron chi connectivity index (χ0n) is 25.7. The molecule has 4 aromatic rings. The van der Waals surface area contributed by atoms with Gasteiger partial charge in [0.2, 0.25) is 5.95 Å². The highest BCUT2D eigenvalue weighted by molar-refractivity contribution is 7.91. The van der Waals surface area contributed by atoms with Gasteiger partial charge in [-0.1, -0.05) is 17.7 Å². The first-order chi connectivity index (χ1) is 21.4. The minimum atomic E-state index is -1.13. The molecule has 0 spiro atoms. The molecule has 6 rings (SSSR count). The Labute approximate surface area is 261 Å². The van der Waals surface area contributed by atoms with Crippen molar-refractivity contribution in [2.75, 3.05) is 62.9 Å². The summed E-state index contributed by atoms with van der Waals surface area (Å²) in [6.07, 6.45) is 4.78. The normalized spacial score (nSPS) is 16.6. The Balaban J connectivity index is 1.31. The van der Waals surface area contributed by atoms with Gasteiger partial charge < -0.3 is 24.4 Å². The molecule has 1 aliphatic carbocycles. The van der Waals surface area contributed by atoms with Crippen molar-refractivity contribution >= 4 is 45.1 Å². The van der Waals surface area contributed by atoms with Gasteiger partial charge in [0.25, 0.3) is 5.56 Å². The Morgan fingerprint density at radius 3 is 2.45 bits per heavy atom. The standard InChI is InChI=1S/C34H40N6O3S/c1-24-5-4-6-30(24)31-21-26-22-35-34(36-27-9-11-28(12-10-27)39-17-15-38(2)16-18-39)37-32(26)40(33(31)41)23-25-7-13-29(14-8-25)44(42)20-19-43-3/h7-14,21-22H,4-6,15-20,23H2,1-3H3,(H,35,36,37). The molecule has 1 fully saturated rings. The lowest BCUT2D eigenvalue weighted by atomic mass is 10.0. The molecule has 9 nitrogen and oxygen atoms in total. The molecule has 3 heterocycles. The number of nitrogens with zero attached hydrogens (tertiary/aromatic N) is 5. The molecule has 10 heteroatoms. The highest BCUT2D eigenvalue weighted by Gasteiger charge is 2.20. The second-order valence-corrected chi connectivity index (χ2v) is 13.3. The predicted molar refractivity (Wildman–Crippen MR) is 178 cm³/mol. The fourth-order valence-electron chi connectivity index (χ4n) is 6.00. The topological polar surface area (TPSA) is 98.6 Å². The van der Waals surface area contributed by atoms with E-state index in [2.05, 4.69) is 46.2 Å². The van der Waals surface area contributed by atoms with E-state index in [1.165, 1.54) is 11.3 Å². The molecule has 230 valence electrons. The molecule has 0 radical (unpaired) electrons. The summed E-state index contributed by atoms with van der Waals surface area (Å²) in [5.74, 6) is 0.882. The van der Waals surface area contributed by atoms with Gasteiger partial charge in [-0.05, 0) is 98.0 Å². The maximum Gasteiger partial charge on any atom is 0.260 e. The van der Waals surface area contributed by atoms with Crippen molar-refractivity contribution in [1.29, 1.82) is 0 Å². The first-order valence-electron chi connectivity index (χ1n) is 15.3. The first-order valence-corrected chi connectivity index (χ1v) is 16.6. The maximum atomic E-state index is 14.1. The second-order valence-electron chi connectivity index (χ2n) is 11.7. The molecule has 1 atom stereocenters. The Morgan fingerprint density at radius 2 is 1.77 bits per heavy atom. The number of nitrogens with one attached hydrogen (secondary N) is 1. The third kappa shape index (κ3) is 6.68. The van der Waals surface area contributed by atoms with Crippen molar-refractivity contribution in [3.63, 3.8) is 0 Å². The number of benzene rings is 2. The van der Waals surface area contributed by atoms with Crippen molar-refractivity contribution in [2.45, 2.75) is 37.6 Å². The average molecular weight is 613 g/mol. The van der Waals surface area contributed by atoms with Crippen LogP contribution in [0.4, 0.5) is 17.3 Å². The zero-order chi connectivity index (χ0) is 30.6. The van der Waals surface area contributed by atoms with Crippen molar-refractivity contribution in [3.05, 3.63) is 87.8 Å². The van der Waals surface area contributed by atoms with Crippen LogP contribution in [0.1, 0.15) is 37.3 Å². The predicted octanol–water partition coefficient (Wildman–Crippen LogP) is 5.05. The summed E-state index contributed by atoms with van der Waals surface area (Å²) in [5.41, 5.74) is 6.69. The van der Waals surface area contributed by atoms with Crippen LogP contribution in [-0.4, -0.2) is 76.7 Å². The second kappa shape index (κ2) is 13.5. The Bertz CT molecular complexity index is 1700. The molecule has 44 heavy (non-hydrogen) atoms. The lowest BCUT2D eigenvalue weighted by molar-refractivity contribution is 0.217. The zero-order valence-corrected chi connectivity index (χ0v) is 26.5. The molecule has 0 saturated carbocycles. The third-order valence-electron chi connectivity index (χ3n) is 8.64. The summed E-state index contributed by atoms with van der Waals surface area (Å²) in [4.78, 5) is 29.1. The molecule has 2 aromatic carbocycles. The quantitative estimate of drug-likeness (QED) is 0.249. The Morgan fingerprint density at radius 1 is 1.02 bits per heavy atom. The van der Waals surface area contributed by atoms with Gasteiger partial charge >= 0.3 is 0 Å². The van der Waals surface area contributed by atoms with E-state index in [1.807, 2.05) is 42.5 Å². The van der Waals surface area contributed by atoms with E-state index in [0.717, 1.165) is 78.1 Å². The van der Waals surface area contributed by atoms with Gasteiger partial charge in [0.1, 0.15) is 11.4 Å². The number of pyridine rings is 1.